The van der Waals surface area contributed by atoms with Gasteiger partial charge in [0.2, 0.25) is 0 Å². The smallest absolute Gasteiger partial charge is 0.136 e. The normalized spacial score (nSPS) is 47.9. The first-order chi connectivity index (χ1) is 11.5. The minimum absolute atomic E-state index is 0.263. The third-order valence-corrected chi connectivity index (χ3v) is 8.81. The van der Waals surface area contributed by atoms with Crippen LogP contribution < -0.4 is 0 Å². The Labute approximate surface area is 146 Å². The maximum absolute atomic E-state index is 12.0. The van der Waals surface area contributed by atoms with E-state index in [9.17, 15) is 9.59 Å². The third-order valence-electron chi connectivity index (χ3n) is 8.81. The van der Waals surface area contributed by atoms with Gasteiger partial charge in [-0.05, 0) is 79.4 Å². The van der Waals surface area contributed by atoms with E-state index in [-0.39, 0.29) is 5.41 Å². The van der Waals surface area contributed by atoms with Gasteiger partial charge >= 0.3 is 0 Å². The van der Waals surface area contributed by atoms with Crippen LogP contribution in [0, 0.1) is 34.5 Å². The molecule has 0 aromatic rings. The summed E-state index contributed by atoms with van der Waals surface area (Å²) < 4.78 is 0. The van der Waals surface area contributed by atoms with Crippen LogP contribution in [-0.2, 0) is 9.59 Å². The number of fused-ring (bicyclic) bond motifs is 5. The second-order valence-corrected chi connectivity index (χ2v) is 9.53. The Morgan fingerprint density at radius 2 is 1.92 bits per heavy atom. The minimum Gasteiger partial charge on any atom is -0.303 e. The molecule has 0 bridgehead atoms. The van der Waals surface area contributed by atoms with Crippen LogP contribution in [0.3, 0.4) is 0 Å². The van der Waals surface area contributed by atoms with Crippen molar-refractivity contribution < 1.29 is 9.59 Å². The molecule has 2 heteroatoms. The van der Waals surface area contributed by atoms with Gasteiger partial charge in [-0.3, -0.25) is 4.79 Å². The number of ketones is 1. The third kappa shape index (κ3) is 2.28. The second kappa shape index (κ2) is 5.81. The number of hydrogen-bond donors (Lipinski definition) is 0. The molecule has 4 aliphatic rings. The molecule has 4 rings (SSSR count). The van der Waals surface area contributed by atoms with E-state index < -0.39 is 0 Å². The summed E-state index contributed by atoms with van der Waals surface area (Å²) >= 11 is 0. The Balaban J connectivity index is 1.63. The van der Waals surface area contributed by atoms with Crippen LogP contribution in [0.25, 0.3) is 0 Å². The van der Waals surface area contributed by atoms with E-state index in [1.807, 2.05) is 0 Å². The summed E-state index contributed by atoms with van der Waals surface area (Å²) in [6, 6.07) is 0. The molecular formula is C22H32O2. The van der Waals surface area contributed by atoms with Crippen molar-refractivity contribution in [2.45, 2.75) is 78.1 Å². The largest absolute Gasteiger partial charge is 0.303 e. The molecule has 0 spiro atoms. The van der Waals surface area contributed by atoms with Crippen molar-refractivity contribution in [2.75, 3.05) is 0 Å². The van der Waals surface area contributed by atoms with Gasteiger partial charge in [0.1, 0.15) is 12.1 Å². The second-order valence-electron chi connectivity index (χ2n) is 9.53. The molecule has 132 valence electrons. The lowest BCUT2D eigenvalue weighted by molar-refractivity contribution is -0.119. The Kier molecular flexibility index (Phi) is 4.01. The van der Waals surface area contributed by atoms with E-state index in [1.165, 1.54) is 38.5 Å². The van der Waals surface area contributed by atoms with Crippen LogP contribution in [0.5, 0.6) is 0 Å². The molecule has 3 saturated carbocycles. The highest BCUT2D eigenvalue weighted by Crippen LogP contribution is 2.66. The number of carbonyl (C=O) groups excluding carboxylic acids is 2. The molecule has 2 nitrogen and oxygen atoms in total. The van der Waals surface area contributed by atoms with Gasteiger partial charge in [-0.15, -0.1) is 0 Å². The van der Waals surface area contributed by atoms with Gasteiger partial charge in [0, 0.05) is 19.3 Å². The van der Waals surface area contributed by atoms with Crippen molar-refractivity contribution in [3.63, 3.8) is 0 Å². The van der Waals surface area contributed by atoms with Gasteiger partial charge in [-0.1, -0.05) is 25.5 Å². The van der Waals surface area contributed by atoms with Crippen molar-refractivity contribution in [1.29, 1.82) is 0 Å². The average molecular weight is 328 g/mol. The van der Waals surface area contributed by atoms with Crippen LogP contribution in [0.15, 0.2) is 11.6 Å². The fourth-order valence-electron chi connectivity index (χ4n) is 7.36. The van der Waals surface area contributed by atoms with Gasteiger partial charge in [-0.2, -0.15) is 0 Å². The van der Waals surface area contributed by atoms with Crippen molar-refractivity contribution in [3.05, 3.63) is 11.6 Å². The Hall–Kier alpha value is -0.920. The molecule has 24 heavy (non-hydrogen) atoms. The standard InChI is InChI=1S/C22H32O2/c1-21-12-9-17(24)6-3-15(21)4-7-18-19-8-5-16(11-14-23)22(19,2)13-10-20(18)21/h3,14,16,18-20H,4-13H2,1-2H3/t16?,18?,19-,20+,21+,22?/m0/s1. The van der Waals surface area contributed by atoms with Crippen molar-refractivity contribution in [1.82, 2.24) is 0 Å². The van der Waals surface area contributed by atoms with Crippen LogP contribution in [-0.4, -0.2) is 12.1 Å². The molecule has 0 N–H and O–H groups in total. The van der Waals surface area contributed by atoms with Crippen molar-refractivity contribution in [2.24, 2.45) is 34.5 Å². The average Bonchev–Trinajstić information content (AvgIpc) is 2.81. The summed E-state index contributed by atoms with van der Waals surface area (Å²) in [5.74, 6) is 3.43. The molecule has 0 aliphatic heterocycles. The van der Waals surface area contributed by atoms with Crippen LogP contribution in [0.2, 0.25) is 0 Å². The molecule has 0 amide bonds. The van der Waals surface area contributed by atoms with E-state index >= 15 is 0 Å². The van der Waals surface area contributed by atoms with Crippen LogP contribution in [0.1, 0.15) is 78.1 Å². The molecule has 0 aromatic heterocycles. The predicted molar refractivity (Wildman–Crippen MR) is 95.5 cm³/mol. The monoisotopic (exact) mass is 328 g/mol. The summed E-state index contributed by atoms with van der Waals surface area (Å²) in [7, 11) is 0. The summed E-state index contributed by atoms with van der Waals surface area (Å²) in [6.45, 7) is 4.95. The Morgan fingerprint density at radius 3 is 2.71 bits per heavy atom. The van der Waals surface area contributed by atoms with Crippen LogP contribution in [0.4, 0.5) is 0 Å². The van der Waals surface area contributed by atoms with Gasteiger partial charge < -0.3 is 4.79 Å². The molecule has 3 fully saturated rings. The zero-order valence-corrected chi connectivity index (χ0v) is 15.4. The van der Waals surface area contributed by atoms with E-state index in [0.717, 1.165) is 43.3 Å². The molecule has 0 aromatic carbocycles. The highest BCUT2D eigenvalue weighted by atomic mass is 16.1. The summed E-state index contributed by atoms with van der Waals surface area (Å²) in [4.78, 5) is 23.1. The van der Waals surface area contributed by atoms with E-state index in [2.05, 4.69) is 19.9 Å². The molecule has 4 aliphatic carbocycles. The molecule has 3 unspecified atom stereocenters. The number of carbonyl (C=O) groups is 2. The zero-order chi connectivity index (χ0) is 16.9. The number of aldehydes is 1. The summed E-state index contributed by atoms with van der Waals surface area (Å²) in [6.07, 6.45) is 14.4. The summed E-state index contributed by atoms with van der Waals surface area (Å²) in [5, 5.41) is 0. The van der Waals surface area contributed by atoms with Gasteiger partial charge in [0.25, 0.3) is 0 Å². The Bertz CT molecular complexity index is 577. The molecule has 0 radical (unpaired) electrons. The van der Waals surface area contributed by atoms with E-state index in [1.54, 1.807) is 5.57 Å². The molecule has 0 saturated heterocycles. The van der Waals surface area contributed by atoms with Crippen molar-refractivity contribution in [3.8, 4) is 0 Å². The van der Waals surface area contributed by atoms with E-state index in [0.29, 0.717) is 23.5 Å². The first-order valence-electron chi connectivity index (χ1n) is 10.1. The number of rotatable bonds is 2. The number of Topliss-reactive ketones (excluding diaryl/α,β-unsaturated/α-hetero) is 1. The minimum atomic E-state index is 0.263. The molecule has 0 heterocycles. The molecule has 6 atom stereocenters. The maximum atomic E-state index is 12.0. The lowest BCUT2D eigenvalue weighted by atomic mass is 9.47. The highest BCUT2D eigenvalue weighted by molar-refractivity contribution is 5.80. The lowest BCUT2D eigenvalue weighted by Gasteiger charge is -2.57. The van der Waals surface area contributed by atoms with Gasteiger partial charge in [0.05, 0.1) is 0 Å². The maximum Gasteiger partial charge on any atom is 0.136 e. The summed E-state index contributed by atoms with van der Waals surface area (Å²) in [5.41, 5.74) is 2.25. The van der Waals surface area contributed by atoms with Gasteiger partial charge in [0.15, 0.2) is 0 Å². The quantitative estimate of drug-likeness (QED) is 0.521. The number of hydrogen-bond acceptors (Lipinski definition) is 2. The first-order valence-corrected chi connectivity index (χ1v) is 10.1. The zero-order valence-electron chi connectivity index (χ0n) is 15.4. The lowest BCUT2D eigenvalue weighted by Crippen LogP contribution is -2.49. The van der Waals surface area contributed by atoms with Crippen molar-refractivity contribution >= 4 is 12.1 Å². The fraction of sp³-hybridized carbons (Fsp3) is 0.818. The fourth-order valence-corrected chi connectivity index (χ4v) is 7.36. The number of allylic oxidation sites excluding steroid dienone is 2. The predicted octanol–water partition coefficient (Wildman–Crippen LogP) is 5.11. The topological polar surface area (TPSA) is 34.1 Å². The SMILES string of the molecule is CC12CC[C@@H]3C(CCC4=CCC(=O)CC[C@]43C)[C@@H]1CCC2CC=O. The Morgan fingerprint density at radius 1 is 1.08 bits per heavy atom. The van der Waals surface area contributed by atoms with Gasteiger partial charge in [-0.25, -0.2) is 0 Å². The van der Waals surface area contributed by atoms with E-state index in [4.69, 9.17) is 0 Å². The molecular weight excluding hydrogens is 296 g/mol. The highest BCUT2D eigenvalue weighted by Gasteiger charge is 2.58. The first kappa shape index (κ1) is 16.5. The van der Waals surface area contributed by atoms with Crippen LogP contribution >= 0.6 is 0 Å².